The third-order valence-corrected chi connectivity index (χ3v) is 10.4. The van der Waals surface area contributed by atoms with E-state index in [1.165, 1.54) is 64.4 Å². The quantitative estimate of drug-likeness (QED) is 0.199. The highest BCUT2D eigenvalue weighted by Gasteiger charge is 2.16. The zero-order chi connectivity index (χ0) is 29.6. The fourth-order valence-corrected chi connectivity index (χ4v) is 8.22. The standard InChI is InChI=1S/C41H26N2OS/c1-24-13-16-35-27(19-24)22-34-32-21-25(7-6-11-38(32)44-41(34)42-35)26-14-17-37-31(20-26)29-8-2-4-10-36(29)43(37)28-15-18-40-33(23-28)30-9-3-5-12-39(30)45-40/h2-5,7-23H,6H2,1H3. The minimum Gasteiger partial charge on any atom is -0.438 e. The lowest BCUT2D eigenvalue weighted by Gasteiger charge is -2.09. The van der Waals surface area contributed by atoms with Crippen LogP contribution in [-0.4, -0.2) is 9.55 Å². The average molecular weight is 595 g/mol. The Balaban J connectivity index is 1.17. The Bertz CT molecular complexity index is 2860. The van der Waals surface area contributed by atoms with Crippen LogP contribution in [0.25, 0.3) is 87.4 Å². The molecule has 0 aliphatic heterocycles. The van der Waals surface area contributed by atoms with Gasteiger partial charge in [-0.15, -0.1) is 11.3 Å². The second-order valence-electron chi connectivity index (χ2n) is 12.0. The van der Waals surface area contributed by atoms with Crippen molar-refractivity contribution in [1.29, 1.82) is 0 Å². The van der Waals surface area contributed by atoms with Crippen molar-refractivity contribution in [3.63, 3.8) is 0 Å². The van der Waals surface area contributed by atoms with Gasteiger partial charge in [-0.2, -0.15) is 0 Å². The summed E-state index contributed by atoms with van der Waals surface area (Å²) in [6, 6.07) is 39.9. The van der Waals surface area contributed by atoms with Crippen molar-refractivity contribution in [1.82, 2.24) is 9.55 Å². The van der Waals surface area contributed by atoms with Crippen LogP contribution in [0.5, 0.6) is 0 Å². The molecule has 9 aromatic rings. The van der Waals surface area contributed by atoms with Crippen molar-refractivity contribution in [3.05, 3.63) is 137 Å². The maximum Gasteiger partial charge on any atom is 0.227 e. The van der Waals surface area contributed by atoms with E-state index in [0.29, 0.717) is 5.71 Å². The highest BCUT2D eigenvalue weighted by molar-refractivity contribution is 7.25. The van der Waals surface area contributed by atoms with E-state index < -0.39 is 0 Å². The van der Waals surface area contributed by atoms with Gasteiger partial charge in [0.25, 0.3) is 0 Å². The molecule has 0 saturated heterocycles. The third kappa shape index (κ3) is 3.73. The number of allylic oxidation sites excluding steroid dienone is 2. The molecule has 4 heterocycles. The van der Waals surface area contributed by atoms with Crippen molar-refractivity contribution in [2.75, 3.05) is 0 Å². The second kappa shape index (κ2) is 9.28. The molecule has 1 aliphatic carbocycles. The first-order valence-corrected chi connectivity index (χ1v) is 16.2. The Morgan fingerprint density at radius 2 is 1.53 bits per heavy atom. The van der Waals surface area contributed by atoms with Gasteiger partial charge in [0.15, 0.2) is 0 Å². The predicted molar refractivity (Wildman–Crippen MR) is 191 cm³/mol. The molecule has 3 nitrogen and oxygen atoms in total. The topological polar surface area (TPSA) is 31.0 Å². The Labute approximate surface area is 262 Å². The van der Waals surface area contributed by atoms with E-state index in [4.69, 9.17) is 9.40 Å². The van der Waals surface area contributed by atoms with Gasteiger partial charge in [-0.25, -0.2) is 4.98 Å². The lowest BCUT2D eigenvalue weighted by Crippen LogP contribution is -2.19. The molecule has 45 heavy (non-hydrogen) atoms. The first kappa shape index (κ1) is 24.9. The Kier molecular flexibility index (Phi) is 5.14. The smallest absolute Gasteiger partial charge is 0.227 e. The summed E-state index contributed by atoms with van der Waals surface area (Å²) in [5.74, 6) is 0. The number of thiophene rings is 1. The van der Waals surface area contributed by atoms with E-state index in [1.807, 2.05) is 11.3 Å². The van der Waals surface area contributed by atoms with Gasteiger partial charge in [-0.1, -0.05) is 60.2 Å². The summed E-state index contributed by atoms with van der Waals surface area (Å²) in [7, 11) is 0. The van der Waals surface area contributed by atoms with Crippen LogP contribution in [-0.2, 0) is 0 Å². The van der Waals surface area contributed by atoms with Crippen molar-refractivity contribution in [2.24, 2.45) is 0 Å². The second-order valence-corrected chi connectivity index (χ2v) is 13.1. The van der Waals surface area contributed by atoms with Crippen LogP contribution in [0.4, 0.5) is 0 Å². The van der Waals surface area contributed by atoms with Crippen molar-refractivity contribution >= 4 is 93.0 Å². The fraction of sp³-hybridized carbons (Fsp3) is 0.0488. The number of hydrogen-bond acceptors (Lipinski definition) is 3. The minimum atomic E-state index is 0.694. The summed E-state index contributed by atoms with van der Waals surface area (Å²) < 4.78 is 11.4. The van der Waals surface area contributed by atoms with E-state index in [0.717, 1.165) is 33.3 Å². The van der Waals surface area contributed by atoms with E-state index in [-0.39, 0.29) is 0 Å². The molecule has 0 N–H and O–H groups in total. The van der Waals surface area contributed by atoms with Crippen molar-refractivity contribution in [3.8, 4) is 5.69 Å². The number of benzene rings is 5. The molecule has 0 saturated carbocycles. The molecule has 4 aromatic heterocycles. The van der Waals surface area contributed by atoms with Gasteiger partial charge >= 0.3 is 0 Å². The van der Waals surface area contributed by atoms with Gasteiger partial charge in [0.2, 0.25) is 5.71 Å². The fourth-order valence-electron chi connectivity index (χ4n) is 7.13. The van der Waals surface area contributed by atoms with Gasteiger partial charge in [0, 0.05) is 52.6 Å². The minimum absolute atomic E-state index is 0.694. The van der Waals surface area contributed by atoms with Gasteiger partial charge in [0.05, 0.1) is 16.6 Å². The lowest BCUT2D eigenvalue weighted by atomic mass is 10.0. The van der Waals surface area contributed by atoms with Gasteiger partial charge in [-0.3, -0.25) is 0 Å². The molecular formula is C41H26N2OS. The number of nitrogens with zero attached hydrogens (tertiary/aromatic N) is 2. The average Bonchev–Trinajstić information content (AvgIpc) is 3.66. The number of hydrogen-bond donors (Lipinski definition) is 0. The lowest BCUT2D eigenvalue weighted by molar-refractivity contribution is 0.564. The molecule has 0 atom stereocenters. The van der Waals surface area contributed by atoms with E-state index in [9.17, 15) is 0 Å². The van der Waals surface area contributed by atoms with Crippen LogP contribution in [0.1, 0.15) is 17.5 Å². The summed E-state index contributed by atoms with van der Waals surface area (Å²) >= 11 is 1.86. The van der Waals surface area contributed by atoms with Crippen LogP contribution < -0.4 is 10.6 Å². The highest BCUT2D eigenvalue weighted by atomic mass is 32.1. The van der Waals surface area contributed by atoms with E-state index in [2.05, 4.69) is 139 Å². The molecule has 0 fully saturated rings. The Hall–Kier alpha value is -5.45. The normalized spacial score (nSPS) is 13.4. The summed E-state index contributed by atoms with van der Waals surface area (Å²) in [6.07, 6.45) is 7.55. The monoisotopic (exact) mass is 594 g/mol. The van der Waals surface area contributed by atoms with Gasteiger partial charge in [-0.05, 0) is 97.3 Å². The summed E-state index contributed by atoms with van der Waals surface area (Å²) in [6.45, 7) is 2.12. The number of furan rings is 1. The molecular weight excluding hydrogens is 569 g/mol. The summed E-state index contributed by atoms with van der Waals surface area (Å²) in [5, 5.41) is 8.43. The third-order valence-electron chi connectivity index (χ3n) is 9.26. The molecule has 0 amide bonds. The number of para-hydroxylation sites is 1. The molecule has 0 radical (unpaired) electrons. The predicted octanol–water partition coefficient (Wildman–Crippen LogP) is 9.80. The maximum atomic E-state index is 6.29. The molecule has 0 bridgehead atoms. The molecule has 4 heteroatoms. The van der Waals surface area contributed by atoms with Crippen LogP contribution in [0.3, 0.4) is 0 Å². The van der Waals surface area contributed by atoms with Crippen molar-refractivity contribution < 1.29 is 4.42 Å². The van der Waals surface area contributed by atoms with Gasteiger partial charge in [0.1, 0.15) is 5.42 Å². The zero-order valence-electron chi connectivity index (χ0n) is 24.5. The number of pyridine rings is 1. The zero-order valence-corrected chi connectivity index (χ0v) is 25.4. The first-order chi connectivity index (χ1) is 22.2. The van der Waals surface area contributed by atoms with Gasteiger partial charge < -0.3 is 8.98 Å². The molecule has 212 valence electrons. The molecule has 10 rings (SSSR count). The summed E-state index contributed by atoms with van der Waals surface area (Å²) in [4.78, 5) is 4.86. The van der Waals surface area contributed by atoms with Crippen LogP contribution in [0, 0.1) is 6.92 Å². The SMILES string of the molecule is Cc1ccc2nc3oc4c(c3cc2c1)=CC(c1ccc2c(c1)c1ccccc1n2-c1ccc2sc3ccccc3c2c1)=CCC=4. The first-order valence-electron chi connectivity index (χ1n) is 15.4. The Morgan fingerprint density at radius 1 is 0.689 bits per heavy atom. The maximum absolute atomic E-state index is 6.29. The molecule has 0 unspecified atom stereocenters. The molecule has 1 aliphatic rings. The van der Waals surface area contributed by atoms with Crippen LogP contribution >= 0.6 is 11.3 Å². The highest BCUT2D eigenvalue weighted by Crippen LogP contribution is 2.38. The van der Waals surface area contributed by atoms with Crippen LogP contribution in [0.2, 0.25) is 0 Å². The molecule has 5 aromatic carbocycles. The van der Waals surface area contributed by atoms with Crippen LogP contribution in [0.15, 0.2) is 120 Å². The Morgan fingerprint density at radius 3 is 2.49 bits per heavy atom. The van der Waals surface area contributed by atoms with E-state index in [1.54, 1.807) is 0 Å². The number of rotatable bonds is 2. The summed E-state index contributed by atoms with van der Waals surface area (Å²) in [5.41, 5.74) is 9.78. The molecule has 0 spiro atoms. The largest absolute Gasteiger partial charge is 0.438 e. The number of aryl methyl sites for hydroxylation is 1. The van der Waals surface area contributed by atoms with E-state index >= 15 is 0 Å². The van der Waals surface area contributed by atoms with Crippen molar-refractivity contribution in [2.45, 2.75) is 13.3 Å². The number of aromatic nitrogens is 2. The number of fused-ring (bicyclic) bond motifs is 10.